The van der Waals surface area contributed by atoms with Crippen LogP contribution in [0.15, 0.2) is 42.7 Å². The molecule has 22 heavy (non-hydrogen) atoms. The number of nitrogens with zero attached hydrogens (tertiary/aromatic N) is 5. The molecule has 0 radical (unpaired) electrons. The third kappa shape index (κ3) is 2.32. The van der Waals surface area contributed by atoms with Gasteiger partial charge in [-0.3, -0.25) is 9.59 Å². The molecule has 7 nitrogen and oxygen atoms in total. The molecular weight excluding hydrogens is 282 g/mol. The summed E-state index contributed by atoms with van der Waals surface area (Å²) in [6, 6.07) is 8.16. The third-order valence-corrected chi connectivity index (χ3v) is 3.24. The molecule has 0 unspecified atom stereocenters. The smallest absolute Gasteiger partial charge is 0.265 e. The van der Waals surface area contributed by atoms with Crippen LogP contribution in [0.1, 0.15) is 32.4 Å². The summed E-state index contributed by atoms with van der Waals surface area (Å²) in [5.74, 6) is -0.760. The summed E-state index contributed by atoms with van der Waals surface area (Å²) in [5, 5.41) is 7.91. The summed E-state index contributed by atoms with van der Waals surface area (Å²) in [6.07, 6.45) is 3.07. The lowest BCUT2D eigenvalue weighted by Gasteiger charge is -2.05. The molecule has 0 aliphatic heterocycles. The summed E-state index contributed by atoms with van der Waals surface area (Å²) in [5.41, 5.74) is 1.71. The van der Waals surface area contributed by atoms with E-state index in [-0.39, 0.29) is 23.2 Å². The van der Waals surface area contributed by atoms with Crippen LogP contribution in [0.5, 0.6) is 0 Å². The molecule has 0 atom stereocenters. The van der Waals surface area contributed by atoms with Crippen molar-refractivity contribution in [3.63, 3.8) is 0 Å². The van der Waals surface area contributed by atoms with E-state index in [1.54, 1.807) is 44.2 Å². The lowest BCUT2D eigenvalue weighted by Crippen LogP contribution is -2.20. The van der Waals surface area contributed by atoms with Gasteiger partial charge in [-0.1, -0.05) is 6.07 Å². The van der Waals surface area contributed by atoms with Crippen molar-refractivity contribution >= 4 is 11.8 Å². The number of carbonyl (C=O) groups is 2. The minimum atomic E-state index is -0.380. The summed E-state index contributed by atoms with van der Waals surface area (Å²) < 4.78 is 2.49. The number of rotatable bonds is 2. The Morgan fingerprint density at radius 3 is 1.64 bits per heavy atom. The molecular formula is C15H13N5O2. The van der Waals surface area contributed by atoms with Crippen molar-refractivity contribution in [2.75, 3.05) is 0 Å². The van der Waals surface area contributed by atoms with Crippen LogP contribution in [0.2, 0.25) is 0 Å². The molecule has 110 valence electrons. The molecule has 0 fully saturated rings. The maximum atomic E-state index is 12.4. The molecule has 0 bridgehead atoms. The van der Waals surface area contributed by atoms with Gasteiger partial charge in [0.2, 0.25) is 0 Å². The molecule has 0 aliphatic rings. The zero-order valence-electron chi connectivity index (χ0n) is 12.1. The number of aryl methyl sites for hydroxylation is 2. The predicted octanol–water partition coefficient (Wildman–Crippen LogP) is 1.47. The number of pyridine rings is 1. The molecule has 0 saturated heterocycles. The first kappa shape index (κ1) is 13.9. The van der Waals surface area contributed by atoms with Crippen molar-refractivity contribution in [2.24, 2.45) is 0 Å². The molecule has 0 N–H and O–H groups in total. The van der Waals surface area contributed by atoms with Gasteiger partial charge in [-0.05, 0) is 38.1 Å². The molecule has 0 aromatic carbocycles. The predicted molar refractivity (Wildman–Crippen MR) is 77.6 cm³/mol. The van der Waals surface area contributed by atoms with E-state index in [1.807, 2.05) is 0 Å². The molecule has 0 spiro atoms. The summed E-state index contributed by atoms with van der Waals surface area (Å²) in [7, 11) is 0. The van der Waals surface area contributed by atoms with Gasteiger partial charge in [-0.15, -0.1) is 0 Å². The van der Waals surface area contributed by atoms with E-state index in [1.165, 1.54) is 21.8 Å². The zero-order valence-corrected chi connectivity index (χ0v) is 12.1. The summed E-state index contributed by atoms with van der Waals surface area (Å²) >= 11 is 0. The van der Waals surface area contributed by atoms with Gasteiger partial charge in [-0.25, -0.2) is 4.98 Å². The first-order valence-corrected chi connectivity index (χ1v) is 6.65. The van der Waals surface area contributed by atoms with E-state index in [4.69, 9.17) is 0 Å². The fourth-order valence-corrected chi connectivity index (χ4v) is 2.05. The average molecular weight is 295 g/mol. The first-order chi connectivity index (χ1) is 10.6. The summed E-state index contributed by atoms with van der Waals surface area (Å²) in [6.45, 7) is 3.54. The van der Waals surface area contributed by atoms with E-state index in [2.05, 4.69) is 15.2 Å². The van der Waals surface area contributed by atoms with Crippen LogP contribution < -0.4 is 0 Å². The number of hydrogen-bond acceptors (Lipinski definition) is 5. The highest BCUT2D eigenvalue weighted by Crippen LogP contribution is 2.07. The highest BCUT2D eigenvalue weighted by Gasteiger charge is 2.17. The van der Waals surface area contributed by atoms with Gasteiger partial charge < -0.3 is 0 Å². The highest BCUT2D eigenvalue weighted by atomic mass is 16.2. The Hall–Kier alpha value is -3.09. The number of carbonyl (C=O) groups excluding carboxylic acids is 2. The van der Waals surface area contributed by atoms with Crippen LogP contribution in [0.25, 0.3) is 0 Å². The zero-order chi connectivity index (χ0) is 15.7. The molecule has 3 rings (SSSR count). The molecule has 3 aromatic rings. The van der Waals surface area contributed by atoms with Crippen LogP contribution in [0, 0.1) is 13.8 Å². The van der Waals surface area contributed by atoms with Gasteiger partial charge in [0, 0.05) is 23.8 Å². The third-order valence-electron chi connectivity index (χ3n) is 3.24. The van der Waals surface area contributed by atoms with Crippen molar-refractivity contribution in [1.29, 1.82) is 0 Å². The van der Waals surface area contributed by atoms with Gasteiger partial charge in [0.15, 0.2) is 0 Å². The van der Waals surface area contributed by atoms with Gasteiger partial charge in [-0.2, -0.15) is 19.6 Å². The summed E-state index contributed by atoms with van der Waals surface area (Å²) in [4.78, 5) is 28.9. The van der Waals surface area contributed by atoms with E-state index in [0.29, 0.717) is 11.4 Å². The molecule has 0 aliphatic carbocycles. The van der Waals surface area contributed by atoms with E-state index in [0.717, 1.165) is 0 Å². The van der Waals surface area contributed by atoms with Crippen molar-refractivity contribution in [3.05, 3.63) is 65.5 Å². The van der Waals surface area contributed by atoms with Crippen LogP contribution in [-0.2, 0) is 0 Å². The Morgan fingerprint density at radius 1 is 0.818 bits per heavy atom. The Kier molecular flexibility index (Phi) is 3.38. The maximum absolute atomic E-state index is 12.4. The Labute approximate surface area is 126 Å². The van der Waals surface area contributed by atoms with Gasteiger partial charge in [0.1, 0.15) is 11.4 Å². The minimum absolute atomic E-state index is 0.155. The normalized spacial score (nSPS) is 10.6. The maximum Gasteiger partial charge on any atom is 0.296 e. The Bertz CT molecular complexity index is 795. The molecule has 7 heteroatoms. The van der Waals surface area contributed by atoms with E-state index in [9.17, 15) is 9.59 Å². The molecule has 3 heterocycles. The fraction of sp³-hybridized carbons (Fsp3) is 0.133. The van der Waals surface area contributed by atoms with Crippen molar-refractivity contribution < 1.29 is 9.59 Å². The van der Waals surface area contributed by atoms with Gasteiger partial charge in [0.25, 0.3) is 11.8 Å². The lowest BCUT2D eigenvalue weighted by molar-refractivity contribution is 0.0933. The lowest BCUT2D eigenvalue weighted by atomic mass is 10.2. The average Bonchev–Trinajstić information content (AvgIpc) is 3.14. The monoisotopic (exact) mass is 295 g/mol. The molecule has 3 aromatic heterocycles. The van der Waals surface area contributed by atoms with Crippen molar-refractivity contribution in [1.82, 2.24) is 24.5 Å². The quantitative estimate of drug-likeness (QED) is 0.715. The number of aromatic nitrogens is 5. The largest absolute Gasteiger partial charge is 0.296 e. The second kappa shape index (κ2) is 5.36. The SMILES string of the molecule is Cc1ccnn1C(=O)c1cccc(C(=O)n2nccc2C)n1. The highest BCUT2D eigenvalue weighted by molar-refractivity contribution is 5.97. The standard InChI is InChI=1S/C15H13N5O2/c1-10-6-8-16-19(10)14(21)12-4-3-5-13(18-12)15(22)20-11(2)7-9-17-20/h3-9H,1-2H3. The Balaban J connectivity index is 1.97. The van der Waals surface area contributed by atoms with Crippen LogP contribution >= 0.6 is 0 Å². The van der Waals surface area contributed by atoms with Crippen LogP contribution in [0.4, 0.5) is 0 Å². The minimum Gasteiger partial charge on any atom is -0.265 e. The number of hydrogen-bond donors (Lipinski definition) is 0. The molecule has 0 amide bonds. The van der Waals surface area contributed by atoms with Crippen LogP contribution in [0.3, 0.4) is 0 Å². The van der Waals surface area contributed by atoms with Crippen molar-refractivity contribution in [2.45, 2.75) is 13.8 Å². The van der Waals surface area contributed by atoms with E-state index >= 15 is 0 Å². The van der Waals surface area contributed by atoms with Crippen molar-refractivity contribution in [3.8, 4) is 0 Å². The Morgan fingerprint density at radius 2 is 1.27 bits per heavy atom. The van der Waals surface area contributed by atoms with Gasteiger partial charge >= 0.3 is 0 Å². The second-order valence-electron chi connectivity index (χ2n) is 4.79. The molecule has 0 saturated carbocycles. The van der Waals surface area contributed by atoms with Crippen LogP contribution in [-0.4, -0.2) is 36.4 Å². The first-order valence-electron chi connectivity index (χ1n) is 6.65. The topological polar surface area (TPSA) is 82.7 Å². The van der Waals surface area contributed by atoms with E-state index < -0.39 is 0 Å². The fourth-order valence-electron chi connectivity index (χ4n) is 2.05. The second-order valence-corrected chi connectivity index (χ2v) is 4.79. The van der Waals surface area contributed by atoms with Gasteiger partial charge in [0.05, 0.1) is 0 Å².